The van der Waals surface area contributed by atoms with E-state index >= 15 is 0 Å². The van der Waals surface area contributed by atoms with Crippen molar-refractivity contribution in [3.05, 3.63) is 28.2 Å². The molecule has 0 aromatic carbocycles. The molecule has 0 aliphatic heterocycles. The quantitative estimate of drug-likeness (QED) is 0.655. The summed E-state index contributed by atoms with van der Waals surface area (Å²) in [5, 5.41) is 3.98. The van der Waals surface area contributed by atoms with Crippen LogP contribution >= 0.6 is 22.6 Å². The van der Waals surface area contributed by atoms with Crippen molar-refractivity contribution in [1.82, 2.24) is 14.6 Å². The molecule has 2 heterocycles. The Bertz CT molecular complexity index is 355. The van der Waals surface area contributed by atoms with E-state index in [0.29, 0.717) is 0 Å². The molecule has 3 nitrogen and oxygen atoms in total. The van der Waals surface area contributed by atoms with Gasteiger partial charge in [-0.3, -0.25) is 0 Å². The number of fused-ring (bicyclic) bond motifs is 1. The Morgan fingerprint density at radius 3 is 3.20 bits per heavy atom. The van der Waals surface area contributed by atoms with Crippen LogP contribution in [0.25, 0.3) is 5.65 Å². The lowest BCUT2D eigenvalue weighted by atomic mass is 10.5. The highest BCUT2D eigenvalue weighted by atomic mass is 127. The van der Waals surface area contributed by atoms with Crippen LogP contribution in [0.15, 0.2) is 24.7 Å². The highest BCUT2D eigenvalue weighted by Gasteiger charge is 1.96. The lowest BCUT2D eigenvalue weighted by Crippen LogP contribution is -1.86. The molecule has 0 bridgehead atoms. The zero-order chi connectivity index (χ0) is 6.97. The molecule has 2 aromatic heterocycles. The second-order valence-electron chi connectivity index (χ2n) is 1.88. The van der Waals surface area contributed by atoms with Gasteiger partial charge in [-0.2, -0.15) is 5.10 Å². The van der Waals surface area contributed by atoms with Crippen molar-refractivity contribution < 1.29 is 0 Å². The summed E-state index contributed by atoms with van der Waals surface area (Å²) >= 11 is 2.23. The van der Waals surface area contributed by atoms with Gasteiger partial charge in [0.05, 0.1) is 3.57 Å². The number of hydrogen-bond donors (Lipinski definition) is 0. The maximum atomic E-state index is 4.06. The van der Waals surface area contributed by atoms with E-state index in [2.05, 4.69) is 32.7 Å². The standard InChI is InChI=1S/C6H4IN3/c7-5-2-1-3-10-6(5)8-4-9-10/h1-4H. The molecule has 50 valence electrons. The first-order chi connectivity index (χ1) is 4.88. The summed E-state index contributed by atoms with van der Waals surface area (Å²) in [6.07, 6.45) is 3.43. The summed E-state index contributed by atoms with van der Waals surface area (Å²) in [4.78, 5) is 4.06. The van der Waals surface area contributed by atoms with Crippen molar-refractivity contribution in [2.75, 3.05) is 0 Å². The van der Waals surface area contributed by atoms with Gasteiger partial charge in [0.15, 0.2) is 5.65 Å². The molecule has 10 heavy (non-hydrogen) atoms. The molecule has 0 aliphatic rings. The van der Waals surface area contributed by atoms with Gasteiger partial charge in [-0.25, -0.2) is 9.50 Å². The van der Waals surface area contributed by atoms with Gasteiger partial charge in [0.2, 0.25) is 0 Å². The summed E-state index contributed by atoms with van der Waals surface area (Å²) < 4.78 is 2.87. The van der Waals surface area contributed by atoms with Crippen LogP contribution in [-0.4, -0.2) is 14.6 Å². The second kappa shape index (κ2) is 2.19. The molecular formula is C6H4IN3. The van der Waals surface area contributed by atoms with Crippen LogP contribution in [0.4, 0.5) is 0 Å². The van der Waals surface area contributed by atoms with Crippen LogP contribution in [-0.2, 0) is 0 Å². The average Bonchev–Trinajstić information content (AvgIpc) is 2.36. The van der Waals surface area contributed by atoms with Crippen LogP contribution in [0.5, 0.6) is 0 Å². The Kier molecular flexibility index (Phi) is 1.33. The predicted molar refractivity (Wildman–Crippen MR) is 45.7 cm³/mol. The Labute approximate surface area is 71.2 Å². The van der Waals surface area contributed by atoms with Crippen LogP contribution in [0.2, 0.25) is 0 Å². The van der Waals surface area contributed by atoms with Gasteiger partial charge in [0.1, 0.15) is 6.33 Å². The zero-order valence-corrected chi connectivity index (χ0v) is 7.19. The molecule has 2 aromatic rings. The van der Waals surface area contributed by atoms with Gasteiger partial charge in [0, 0.05) is 6.20 Å². The summed E-state index contributed by atoms with van der Waals surface area (Å²) in [6.45, 7) is 0. The van der Waals surface area contributed by atoms with Crippen molar-refractivity contribution in [2.24, 2.45) is 0 Å². The summed E-state index contributed by atoms with van der Waals surface area (Å²) in [6, 6.07) is 3.95. The monoisotopic (exact) mass is 245 g/mol. The fraction of sp³-hybridized carbons (Fsp3) is 0. The van der Waals surface area contributed by atoms with Crippen LogP contribution < -0.4 is 0 Å². The van der Waals surface area contributed by atoms with E-state index in [0.717, 1.165) is 9.22 Å². The summed E-state index contributed by atoms with van der Waals surface area (Å²) in [7, 11) is 0. The van der Waals surface area contributed by atoms with E-state index in [4.69, 9.17) is 0 Å². The molecule has 0 amide bonds. The Hall–Kier alpha value is -0.650. The lowest BCUT2D eigenvalue weighted by Gasteiger charge is -1.90. The minimum atomic E-state index is 0.920. The number of halogens is 1. The first-order valence-electron chi connectivity index (χ1n) is 2.82. The molecule has 0 N–H and O–H groups in total. The Balaban J connectivity index is 2.95. The second-order valence-corrected chi connectivity index (χ2v) is 3.05. The van der Waals surface area contributed by atoms with Crippen molar-refractivity contribution in [3.8, 4) is 0 Å². The van der Waals surface area contributed by atoms with Crippen molar-refractivity contribution in [1.29, 1.82) is 0 Å². The van der Waals surface area contributed by atoms with Crippen molar-refractivity contribution in [3.63, 3.8) is 0 Å². The van der Waals surface area contributed by atoms with Crippen LogP contribution in [0.1, 0.15) is 0 Å². The fourth-order valence-electron chi connectivity index (χ4n) is 0.814. The molecule has 0 fully saturated rings. The first kappa shape index (κ1) is 6.09. The van der Waals surface area contributed by atoms with Gasteiger partial charge >= 0.3 is 0 Å². The van der Waals surface area contributed by atoms with Crippen LogP contribution in [0.3, 0.4) is 0 Å². The molecule has 0 atom stereocenters. The summed E-state index contributed by atoms with van der Waals surface area (Å²) in [5.74, 6) is 0. The van der Waals surface area contributed by atoms with Crippen LogP contribution in [0, 0.1) is 3.57 Å². The third-order valence-electron chi connectivity index (χ3n) is 1.26. The normalized spacial score (nSPS) is 10.5. The third kappa shape index (κ3) is 0.792. The first-order valence-corrected chi connectivity index (χ1v) is 3.89. The lowest BCUT2D eigenvalue weighted by molar-refractivity contribution is 0.958. The van der Waals surface area contributed by atoms with E-state index in [1.165, 1.54) is 0 Å². The minimum absolute atomic E-state index is 0.920. The molecular weight excluding hydrogens is 241 g/mol. The molecule has 2 rings (SSSR count). The van der Waals surface area contributed by atoms with E-state index < -0.39 is 0 Å². The van der Waals surface area contributed by atoms with E-state index in [9.17, 15) is 0 Å². The highest BCUT2D eigenvalue weighted by molar-refractivity contribution is 14.1. The molecule has 0 spiro atoms. The summed E-state index contributed by atoms with van der Waals surface area (Å²) in [5.41, 5.74) is 0.920. The molecule has 4 heteroatoms. The topological polar surface area (TPSA) is 30.2 Å². The average molecular weight is 245 g/mol. The maximum Gasteiger partial charge on any atom is 0.168 e. The largest absolute Gasteiger partial charge is 0.220 e. The number of aromatic nitrogens is 3. The Morgan fingerprint density at radius 2 is 2.40 bits per heavy atom. The third-order valence-corrected chi connectivity index (χ3v) is 2.10. The maximum absolute atomic E-state index is 4.06. The number of rotatable bonds is 0. The van der Waals surface area contributed by atoms with Gasteiger partial charge in [-0.15, -0.1) is 0 Å². The highest BCUT2D eigenvalue weighted by Crippen LogP contribution is 2.08. The number of nitrogens with zero attached hydrogens (tertiary/aromatic N) is 3. The van der Waals surface area contributed by atoms with Crippen molar-refractivity contribution in [2.45, 2.75) is 0 Å². The fourth-order valence-corrected chi connectivity index (χ4v) is 1.41. The van der Waals surface area contributed by atoms with Gasteiger partial charge < -0.3 is 0 Å². The van der Waals surface area contributed by atoms with E-state index in [1.807, 2.05) is 18.3 Å². The SMILES string of the molecule is Ic1cccn2ncnc12. The predicted octanol–water partition coefficient (Wildman–Crippen LogP) is 1.33. The van der Waals surface area contributed by atoms with E-state index in [-0.39, 0.29) is 0 Å². The molecule has 0 saturated carbocycles. The molecule has 0 radical (unpaired) electrons. The van der Waals surface area contributed by atoms with Gasteiger partial charge in [-0.05, 0) is 34.7 Å². The smallest absolute Gasteiger partial charge is 0.168 e. The molecule has 0 saturated heterocycles. The number of pyridine rings is 1. The minimum Gasteiger partial charge on any atom is -0.220 e. The molecule has 0 unspecified atom stereocenters. The Morgan fingerprint density at radius 1 is 1.50 bits per heavy atom. The van der Waals surface area contributed by atoms with Gasteiger partial charge in [0.25, 0.3) is 0 Å². The molecule has 0 aliphatic carbocycles. The zero-order valence-electron chi connectivity index (χ0n) is 5.03. The van der Waals surface area contributed by atoms with Crippen molar-refractivity contribution >= 4 is 28.2 Å². The van der Waals surface area contributed by atoms with Gasteiger partial charge in [-0.1, -0.05) is 0 Å². The van der Waals surface area contributed by atoms with E-state index in [1.54, 1.807) is 10.8 Å². The number of hydrogen-bond acceptors (Lipinski definition) is 2.